The topological polar surface area (TPSA) is 59.1 Å². The number of rotatable bonds is 4. The van der Waals surface area contributed by atoms with Gasteiger partial charge in [-0.15, -0.1) is 11.3 Å². The molecule has 6 heteroatoms. The van der Waals surface area contributed by atoms with Crippen molar-refractivity contribution in [2.24, 2.45) is 0 Å². The van der Waals surface area contributed by atoms with E-state index < -0.39 is 0 Å². The summed E-state index contributed by atoms with van der Waals surface area (Å²) >= 11 is 7.36. The van der Waals surface area contributed by atoms with E-state index in [0.29, 0.717) is 20.5 Å². The fourth-order valence-electron chi connectivity index (χ4n) is 2.05. The van der Waals surface area contributed by atoms with E-state index in [1.54, 1.807) is 36.5 Å². The van der Waals surface area contributed by atoms with Crippen molar-refractivity contribution in [2.45, 2.75) is 0 Å². The maximum atomic E-state index is 12.2. The minimum Gasteiger partial charge on any atom is -0.321 e. The number of pyridine rings is 1. The van der Waals surface area contributed by atoms with Crippen molar-refractivity contribution in [1.29, 1.82) is 0 Å². The lowest BCUT2D eigenvalue weighted by atomic mass is 10.1. The molecule has 2 heterocycles. The Morgan fingerprint density at radius 1 is 1.17 bits per heavy atom. The van der Waals surface area contributed by atoms with Crippen molar-refractivity contribution >= 4 is 40.8 Å². The zero-order valence-corrected chi connectivity index (χ0v) is 13.4. The number of carbonyl (C=O) groups excluding carboxylic acids is 2. The molecule has 1 amide bonds. The van der Waals surface area contributed by atoms with E-state index in [4.69, 9.17) is 11.6 Å². The SMILES string of the molecule is O=Cc1ccc(C(=O)Nc2ccc(Cl)c(-c3ccccn3)c2)s1. The van der Waals surface area contributed by atoms with Crippen LogP contribution in [0.4, 0.5) is 5.69 Å². The van der Waals surface area contributed by atoms with Gasteiger partial charge in [-0.2, -0.15) is 0 Å². The number of amides is 1. The van der Waals surface area contributed by atoms with Gasteiger partial charge in [-0.3, -0.25) is 14.6 Å². The van der Waals surface area contributed by atoms with Crippen LogP contribution in [0, 0.1) is 0 Å². The number of halogens is 1. The van der Waals surface area contributed by atoms with Crippen LogP contribution in [0.1, 0.15) is 19.3 Å². The molecule has 0 atom stereocenters. The van der Waals surface area contributed by atoms with Crippen molar-refractivity contribution < 1.29 is 9.59 Å². The lowest BCUT2D eigenvalue weighted by Crippen LogP contribution is -2.10. The maximum absolute atomic E-state index is 12.2. The van der Waals surface area contributed by atoms with Gasteiger partial charge in [0, 0.05) is 17.4 Å². The second kappa shape index (κ2) is 6.73. The van der Waals surface area contributed by atoms with Gasteiger partial charge in [0.05, 0.1) is 20.5 Å². The van der Waals surface area contributed by atoms with E-state index in [9.17, 15) is 9.59 Å². The lowest BCUT2D eigenvalue weighted by molar-refractivity contribution is 0.103. The largest absolute Gasteiger partial charge is 0.321 e. The van der Waals surface area contributed by atoms with Gasteiger partial charge in [-0.1, -0.05) is 17.7 Å². The number of hydrogen-bond donors (Lipinski definition) is 1. The van der Waals surface area contributed by atoms with Crippen molar-refractivity contribution in [3.8, 4) is 11.3 Å². The molecule has 3 rings (SSSR count). The van der Waals surface area contributed by atoms with Gasteiger partial charge in [-0.25, -0.2) is 0 Å². The number of anilines is 1. The summed E-state index contributed by atoms with van der Waals surface area (Å²) in [5.41, 5.74) is 2.08. The Morgan fingerprint density at radius 2 is 2.04 bits per heavy atom. The molecular formula is C17H11ClN2O2S. The molecule has 0 aliphatic carbocycles. The molecule has 0 fully saturated rings. The Labute approximate surface area is 141 Å². The van der Waals surface area contributed by atoms with Gasteiger partial charge in [-0.05, 0) is 42.5 Å². The average Bonchev–Trinajstić information content (AvgIpc) is 3.07. The van der Waals surface area contributed by atoms with E-state index in [1.807, 2.05) is 18.2 Å². The highest BCUT2D eigenvalue weighted by Crippen LogP contribution is 2.29. The standard InChI is InChI=1S/C17H11ClN2O2S/c18-14-6-4-11(9-13(14)15-3-1-2-8-19-15)20-17(22)16-7-5-12(10-21)23-16/h1-10H,(H,20,22). The summed E-state index contributed by atoms with van der Waals surface area (Å²) in [7, 11) is 0. The maximum Gasteiger partial charge on any atom is 0.265 e. The molecule has 1 N–H and O–H groups in total. The van der Waals surface area contributed by atoms with E-state index in [-0.39, 0.29) is 5.91 Å². The molecule has 3 aromatic rings. The normalized spacial score (nSPS) is 10.3. The first-order valence-corrected chi connectivity index (χ1v) is 7.94. The molecule has 0 saturated heterocycles. The summed E-state index contributed by atoms with van der Waals surface area (Å²) < 4.78 is 0. The van der Waals surface area contributed by atoms with Crippen LogP contribution >= 0.6 is 22.9 Å². The van der Waals surface area contributed by atoms with Crippen LogP contribution in [-0.4, -0.2) is 17.2 Å². The van der Waals surface area contributed by atoms with E-state index >= 15 is 0 Å². The minimum absolute atomic E-state index is 0.266. The van der Waals surface area contributed by atoms with Gasteiger partial charge in [0.2, 0.25) is 0 Å². The summed E-state index contributed by atoms with van der Waals surface area (Å²) in [5, 5.41) is 3.36. The third-order valence-electron chi connectivity index (χ3n) is 3.13. The molecule has 0 spiro atoms. The van der Waals surface area contributed by atoms with E-state index in [0.717, 1.165) is 28.9 Å². The summed E-state index contributed by atoms with van der Waals surface area (Å²) in [5.74, 6) is -0.266. The van der Waals surface area contributed by atoms with Crippen molar-refractivity contribution in [1.82, 2.24) is 4.98 Å². The first-order chi connectivity index (χ1) is 11.2. The highest BCUT2D eigenvalue weighted by atomic mass is 35.5. The number of nitrogens with zero attached hydrogens (tertiary/aromatic N) is 1. The molecular weight excluding hydrogens is 332 g/mol. The Balaban J connectivity index is 1.86. The quantitative estimate of drug-likeness (QED) is 0.709. The van der Waals surface area contributed by atoms with Crippen LogP contribution in [0.15, 0.2) is 54.7 Å². The average molecular weight is 343 g/mol. The van der Waals surface area contributed by atoms with Crippen LogP contribution in [0.3, 0.4) is 0 Å². The summed E-state index contributed by atoms with van der Waals surface area (Å²) in [6.07, 6.45) is 2.41. The van der Waals surface area contributed by atoms with Gasteiger partial charge >= 0.3 is 0 Å². The van der Waals surface area contributed by atoms with E-state index in [2.05, 4.69) is 10.3 Å². The monoisotopic (exact) mass is 342 g/mol. The zero-order chi connectivity index (χ0) is 16.2. The Bertz CT molecular complexity index is 862. The molecule has 0 bridgehead atoms. The summed E-state index contributed by atoms with van der Waals surface area (Å²) in [6, 6.07) is 14.0. The number of aromatic nitrogens is 1. The third kappa shape index (κ3) is 3.47. The predicted octanol–water partition coefficient (Wildman–Crippen LogP) is 4.53. The smallest absolute Gasteiger partial charge is 0.265 e. The van der Waals surface area contributed by atoms with Crippen molar-refractivity contribution in [2.75, 3.05) is 5.32 Å². The van der Waals surface area contributed by atoms with Crippen molar-refractivity contribution in [3.05, 3.63) is 69.5 Å². The number of aldehydes is 1. The molecule has 0 saturated carbocycles. The Morgan fingerprint density at radius 3 is 2.74 bits per heavy atom. The fraction of sp³-hybridized carbons (Fsp3) is 0. The molecule has 4 nitrogen and oxygen atoms in total. The number of thiophene rings is 1. The second-order valence-electron chi connectivity index (χ2n) is 4.68. The third-order valence-corrected chi connectivity index (χ3v) is 4.47. The van der Waals surface area contributed by atoms with Crippen LogP contribution < -0.4 is 5.32 Å². The fourth-order valence-corrected chi connectivity index (χ4v) is 2.98. The highest BCUT2D eigenvalue weighted by Gasteiger charge is 2.11. The van der Waals surface area contributed by atoms with Gasteiger partial charge in [0.25, 0.3) is 5.91 Å². The molecule has 0 aliphatic heterocycles. The van der Waals surface area contributed by atoms with Gasteiger partial charge in [0.15, 0.2) is 6.29 Å². The molecule has 2 aromatic heterocycles. The molecule has 114 valence electrons. The molecule has 1 aromatic carbocycles. The highest BCUT2D eigenvalue weighted by molar-refractivity contribution is 7.15. The van der Waals surface area contributed by atoms with Crippen LogP contribution in [0.2, 0.25) is 5.02 Å². The summed E-state index contributed by atoms with van der Waals surface area (Å²) in [4.78, 5) is 28.2. The number of nitrogens with one attached hydrogen (secondary N) is 1. The van der Waals surface area contributed by atoms with Gasteiger partial charge in [0.1, 0.15) is 0 Å². The minimum atomic E-state index is -0.266. The first kappa shape index (κ1) is 15.4. The van der Waals surface area contributed by atoms with Crippen LogP contribution in [0.5, 0.6) is 0 Å². The molecule has 0 radical (unpaired) electrons. The second-order valence-corrected chi connectivity index (χ2v) is 6.21. The number of hydrogen-bond acceptors (Lipinski definition) is 4. The lowest BCUT2D eigenvalue weighted by Gasteiger charge is -2.08. The predicted molar refractivity (Wildman–Crippen MR) is 92.3 cm³/mol. The number of carbonyl (C=O) groups is 2. The first-order valence-electron chi connectivity index (χ1n) is 6.74. The Hall–Kier alpha value is -2.50. The van der Waals surface area contributed by atoms with E-state index in [1.165, 1.54) is 0 Å². The molecule has 23 heavy (non-hydrogen) atoms. The van der Waals surface area contributed by atoms with Gasteiger partial charge < -0.3 is 5.32 Å². The van der Waals surface area contributed by atoms with Crippen LogP contribution in [-0.2, 0) is 0 Å². The van der Waals surface area contributed by atoms with Crippen molar-refractivity contribution in [3.63, 3.8) is 0 Å². The summed E-state index contributed by atoms with van der Waals surface area (Å²) in [6.45, 7) is 0. The molecule has 0 unspecified atom stereocenters. The molecule has 0 aliphatic rings. The van der Waals surface area contributed by atoms with Crippen LogP contribution in [0.25, 0.3) is 11.3 Å². The zero-order valence-electron chi connectivity index (χ0n) is 11.8. The number of benzene rings is 1. The Kier molecular flexibility index (Phi) is 4.50.